The van der Waals surface area contributed by atoms with Gasteiger partial charge in [0.1, 0.15) is 5.82 Å². The highest BCUT2D eigenvalue weighted by molar-refractivity contribution is 9.10. The second kappa shape index (κ2) is 6.99. The van der Waals surface area contributed by atoms with Crippen LogP contribution >= 0.6 is 27.5 Å². The predicted octanol–water partition coefficient (Wildman–Crippen LogP) is 4.90. The summed E-state index contributed by atoms with van der Waals surface area (Å²) in [7, 11) is 0. The minimum atomic E-state index is -0.678. The van der Waals surface area contributed by atoms with Gasteiger partial charge in [0.25, 0.3) is 0 Å². The summed E-state index contributed by atoms with van der Waals surface area (Å²) in [5.74, 6) is 0.845. The number of hydrogen-bond acceptors (Lipinski definition) is 4. The number of pyridine rings is 1. The summed E-state index contributed by atoms with van der Waals surface area (Å²) in [6, 6.07) is 7.99. The molecule has 3 atom stereocenters. The van der Waals surface area contributed by atoms with Crippen molar-refractivity contribution in [3.63, 3.8) is 0 Å². The highest BCUT2D eigenvalue weighted by Gasteiger charge is 2.53. The minimum absolute atomic E-state index is 0.369. The molecule has 27 heavy (non-hydrogen) atoms. The molecule has 140 valence electrons. The minimum Gasteiger partial charge on any atom is -0.393 e. The van der Waals surface area contributed by atoms with Crippen LogP contribution in [0.15, 0.2) is 40.0 Å². The molecular weight excluding hydrogens is 430 g/mol. The first kappa shape index (κ1) is 18.6. The third-order valence-corrected chi connectivity index (χ3v) is 6.84. The lowest BCUT2D eigenvalue weighted by Crippen LogP contribution is -2.32. The first-order chi connectivity index (χ1) is 12.9. The molecule has 1 N–H and O–H groups in total. The molecule has 0 saturated heterocycles. The molecule has 0 radical (unpaired) electrons. The molecule has 1 aliphatic carbocycles. The molecule has 8 heteroatoms. The second-order valence-corrected chi connectivity index (χ2v) is 8.72. The number of hydrogen-bond donors (Lipinski definition) is 1. The molecule has 0 bridgehead atoms. The molecule has 0 amide bonds. The SMILES string of the molecule is Cc1ccc(CN2C[C@]3(C[C@H](N=[N+]=[N-])[C@@H](O)C3)c3c2ncc(Br)c3Cl)cc1. The average molecular weight is 449 g/mol. The van der Waals surface area contributed by atoms with Gasteiger partial charge in [-0.25, -0.2) is 4.98 Å². The first-order valence-corrected chi connectivity index (χ1v) is 9.98. The quantitative estimate of drug-likeness (QED) is 0.412. The number of anilines is 1. The van der Waals surface area contributed by atoms with Crippen molar-refractivity contribution in [1.29, 1.82) is 0 Å². The zero-order valence-electron chi connectivity index (χ0n) is 14.8. The van der Waals surface area contributed by atoms with Gasteiger partial charge in [-0.05, 0) is 46.8 Å². The number of rotatable bonds is 3. The Balaban J connectivity index is 1.75. The summed E-state index contributed by atoms with van der Waals surface area (Å²) in [4.78, 5) is 9.76. The number of aryl methyl sites for hydroxylation is 1. The van der Waals surface area contributed by atoms with E-state index < -0.39 is 12.1 Å². The fourth-order valence-electron chi connectivity index (χ4n) is 4.40. The number of benzene rings is 1. The number of nitrogens with zero attached hydrogens (tertiary/aromatic N) is 5. The smallest absolute Gasteiger partial charge is 0.134 e. The van der Waals surface area contributed by atoms with Gasteiger partial charge in [-0.2, -0.15) is 0 Å². The molecule has 4 rings (SSSR count). The van der Waals surface area contributed by atoms with Crippen molar-refractivity contribution < 1.29 is 5.11 Å². The van der Waals surface area contributed by atoms with Crippen LogP contribution in [0.1, 0.15) is 29.5 Å². The summed E-state index contributed by atoms with van der Waals surface area (Å²) in [6.45, 7) is 3.47. The standard InChI is InChI=1S/C19H19BrClN5O/c1-11-2-4-12(5-3-11)9-26-10-19(6-14(24-25-22)15(27)7-19)16-17(21)13(20)8-23-18(16)26/h2-5,8,14-15,27H,6-7,9-10H2,1H3/t14-,15-,19+/m0/s1. The molecule has 1 spiro atoms. The maximum absolute atomic E-state index is 10.5. The molecule has 2 heterocycles. The maximum atomic E-state index is 10.5. The fourth-order valence-corrected chi connectivity index (χ4v) is 5.04. The number of aromatic nitrogens is 1. The first-order valence-electron chi connectivity index (χ1n) is 8.81. The average Bonchev–Trinajstić information content (AvgIpc) is 3.10. The molecule has 1 saturated carbocycles. The highest BCUT2D eigenvalue weighted by Crippen LogP contribution is 2.54. The van der Waals surface area contributed by atoms with Gasteiger partial charge in [0.2, 0.25) is 0 Å². The van der Waals surface area contributed by atoms with Crippen LogP contribution in [0.2, 0.25) is 5.02 Å². The van der Waals surface area contributed by atoms with Gasteiger partial charge in [-0.15, -0.1) is 0 Å². The van der Waals surface area contributed by atoms with Crippen molar-refractivity contribution in [2.45, 2.75) is 43.9 Å². The predicted molar refractivity (Wildman–Crippen MR) is 109 cm³/mol. The van der Waals surface area contributed by atoms with Crippen molar-refractivity contribution in [2.24, 2.45) is 5.11 Å². The van der Waals surface area contributed by atoms with E-state index in [4.69, 9.17) is 17.1 Å². The lowest BCUT2D eigenvalue weighted by atomic mass is 9.81. The zero-order valence-corrected chi connectivity index (χ0v) is 17.2. The number of aliphatic hydroxyl groups is 1. The third kappa shape index (κ3) is 3.19. The Bertz CT molecular complexity index is 930. The van der Waals surface area contributed by atoms with Gasteiger partial charge in [-0.1, -0.05) is 46.5 Å². The van der Waals surface area contributed by atoms with Crippen LogP contribution in [0.25, 0.3) is 10.4 Å². The summed E-state index contributed by atoms with van der Waals surface area (Å²) < 4.78 is 0.737. The Labute approximate surface area is 170 Å². The van der Waals surface area contributed by atoms with Crippen molar-refractivity contribution in [3.8, 4) is 0 Å². The monoisotopic (exact) mass is 447 g/mol. The molecule has 1 aromatic carbocycles. The van der Waals surface area contributed by atoms with Crippen molar-refractivity contribution in [2.75, 3.05) is 11.4 Å². The van der Waals surface area contributed by atoms with Gasteiger partial charge < -0.3 is 10.0 Å². The van der Waals surface area contributed by atoms with E-state index in [1.54, 1.807) is 6.20 Å². The third-order valence-electron chi connectivity index (χ3n) is 5.61. The molecule has 0 unspecified atom stereocenters. The Morgan fingerprint density at radius 3 is 2.85 bits per heavy atom. The van der Waals surface area contributed by atoms with E-state index in [1.165, 1.54) is 11.1 Å². The molecule has 1 fully saturated rings. The van der Waals surface area contributed by atoms with Crippen LogP contribution in [0.3, 0.4) is 0 Å². The number of aliphatic hydroxyl groups excluding tert-OH is 1. The lowest BCUT2D eigenvalue weighted by molar-refractivity contribution is 0.159. The van der Waals surface area contributed by atoms with E-state index in [9.17, 15) is 5.11 Å². The Kier molecular flexibility index (Phi) is 4.80. The Morgan fingerprint density at radius 2 is 2.15 bits per heavy atom. The van der Waals surface area contributed by atoms with Crippen LogP contribution in [-0.4, -0.2) is 28.8 Å². The van der Waals surface area contributed by atoms with Crippen molar-refractivity contribution in [1.82, 2.24) is 4.98 Å². The highest BCUT2D eigenvalue weighted by atomic mass is 79.9. The lowest BCUT2D eigenvalue weighted by Gasteiger charge is -2.26. The van der Waals surface area contributed by atoms with Crippen molar-refractivity contribution >= 4 is 33.3 Å². The Hall–Kier alpha value is -1.79. The topological polar surface area (TPSA) is 85.1 Å². The fraction of sp³-hybridized carbons (Fsp3) is 0.421. The van der Waals surface area contributed by atoms with E-state index in [2.05, 4.69) is 67.0 Å². The van der Waals surface area contributed by atoms with Crippen LogP contribution < -0.4 is 4.90 Å². The van der Waals surface area contributed by atoms with Crippen LogP contribution in [0, 0.1) is 6.92 Å². The summed E-state index contributed by atoms with van der Waals surface area (Å²) >= 11 is 10.1. The Morgan fingerprint density at radius 1 is 1.41 bits per heavy atom. The summed E-state index contributed by atoms with van der Waals surface area (Å²) in [6.07, 6.45) is 2.11. The van der Waals surface area contributed by atoms with E-state index in [0.717, 1.165) is 15.9 Å². The number of halogens is 2. The molecule has 1 aliphatic heterocycles. The zero-order chi connectivity index (χ0) is 19.2. The largest absolute Gasteiger partial charge is 0.393 e. The van der Waals surface area contributed by atoms with Crippen LogP contribution in [-0.2, 0) is 12.0 Å². The second-order valence-electron chi connectivity index (χ2n) is 7.49. The van der Waals surface area contributed by atoms with Gasteiger partial charge in [0.15, 0.2) is 0 Å². The van der Waals surface area contributed by atoms with Gasteiger partial charge in [0.05, 0.1) is 21.6 Å². The maximum Gasteiger partial charge on any atom is 0.134 e. The van der Waals surface area contributed by atoms with Crippen LogP contribution in [0.5, 0.6) is 0 Å². The van der Waals surface area contributed by atoms with E-state index in [-0.39, 0.29) is 5.41 Å². The molecule has 2 aliphatic rings. The molecule has 2 aromatic rings. The number of fused-ring (bicyclic) bond motifs is 2. The van der Waals surface area contributed by atoms with Gasteiger partial charge in [0, 0.05) is 35.2 Å². The van der Waals surface area contributed by atoms with E-state index in [0.29, 0.717) is 31.0 Å². The van der Waals surface area contributed by atoms with E-state index >= 15 is 0 Å². The van der Waals surface area contributed by atoms with Gasteiger partial charge >= 0.3 is 0 Å². The molecule has 1 aromatic heterocycles. The summed E-state index contributed by atoms with van der Waals surface area (Å²) in [5.41, 5.74) is 11.8. The van der Waals surface area contributed by atoms with Crippen molar-refractivity contribution in [3.05, 3.63) is 67.1 Å². The number of azide groups is 1. The van der Waals surface area contributed by atoms with E-state index in [1.807, 2.05) is 0 Å². The molecule has 6 nitrogen and oxygen atoms in total. The summed E-state index contributed by atoms with van der Waals surface area (Å²) in [5, 5.41) is 14.9. The van der Waals surface area contributed by atoms with Gasteiger partial charge in [-0.3, -0.25) is 0 Å². The van der Waals surface area contributed by atoms with Crippen LogP contribution in [0.4, 0.5) is 5.82 Å². The molecular formula is C19H19BrClN5O. The normalized spacial score (nSPS) is 26.3.